The zero-order valence-electron chi connectivity index (χ0n) is 10.3. The molecular weight excluding hydrogens is 238 g/mol. The molecule has 0 heterocycles. The lowest BCUT2D eigenvalue weighted by molar-refractivity contribution is 0.560. The molecule has 1 aromatic carbocycles. The third-order valence-corrected chi connectivity index (χ3v) is 3.72. The van der Waals surface area contributed by atoms with Gasteiger partial charge in [0, 0.05) is 6.04 Å². The van der Waals surface area contributed by atoms with Crippen LogP contribution >= 0.6 is 0 Å². The van der Waals surface area contributed by atoms with Crippen molar-refractivity contribution >= 4 is 21.4 Å². The molecule has 0 aliphatic carbocycles. The number of sulfonamides is 1. The van der Waals surface area contributed by atoms with E-state index >= 15 is 0 Å². The maximum atomic E-state index is 11.3. The highest BCUT2D eigenvalue weighted by molar-refractivity contribution is 7.89. The lowest BCUT2D eigenvalue weighted by atomic mass is 10.1. The van der Waals surface area contributed by atoms with Crippen molar-refractivity contribution in [3.05, 3.63) is 18.2 Å². The van der Waals surface area contributed by atoms with E-state index in [1.807, 2.05) is 6.92 Å². The highest BCUT2D eigenvalue weighted by Crippen LogP contribution is 2.26. The molecule has 96 valence electrons. The van der Waals surface area contributed by atoms with E-state index in [1.54, 1.807) is 12.1 Å². The van der Waals surface area contributed by atoms with Gasteiger partial charge in [0.1, 0.15) is 4.90 Å². The second-order valence-electron chi connectivity index (χ2n) is 4.44. The molecule has 0 saturated carbocycles. The Balaban J connectivity index is 3.12. The number of nitrogen functional groups attached to an aromatic ring is 1. The third kappa shape index (κ3) is 3.34. The highest BCUT2D eigenvalue weighted by atomic mass is 32.2. The summed E-state index contributed by atoms with van der Waals surface area (Å²) in [5.74, 6) is 0.410. The summed E-state index contributed by atoms with van der Waals surface area (Å²) in [5.41, 5.74) is 6.56. The molecule has 0 radical (unpaired) electrons. The van der Waals surface area contributed by atoms with Crippen LogP contribution < -0.4 is 16.2 Å². The molecular formula is C11H19N3O2S. The molecule has 6 heteroatoms. The van der Waals surface area contributed by atoms with Gasteiger partial charge in [0.15, 0.2) is 0 Å². The first-order valence-corrected chi connectivity index (χ1v) is 6.96. The molecule has 0 spiro atoms. The largest absolute Gasteiger partial charge is 0.396 e. The fraction of sp³-hybridized carbons (Fsp3) is 0.455. The molecule has 1 unspecified atom stereocenters. The number of rotatable bonds is 4. The van der Waals surface area contributed by atoms with E-state index in [9.17, 15) is 8.42 Å². The molecule has 0 bridgehead atoms. The van der Waals surface area contributed by atoms with E-state index < -0.39 is 10.0 Å². The van der Waals surface area contributed by atoms with Crippen LogP contribution in [0.3, 0.4) is 0 Å². The van der Waals surface area contributed by atoms with Crippen molar-refractivity contribution in [2.24, 2.45) is 11.1 Å². The Kier molecular flexibility index (Phi) is 4.00. The van der Waals surface area contributed by atoms with Crippen molar-refractivity contribution in [1.82, 2.24) is 0 Å². The van der Waals surface area contributed by atoms with Crippen molar-refractivity contribution in [3.8, 4) is 0 Å². The maximum Gasteiger partial charge on any atom is 0.240 e. The minimum atomic E-state index is -3.78. The van der Waals surface area contributed by atoms with E-state index in [0.717, 1.165) is 0 Å². The molecule has 0 aliphatic heterocycles. The summed E-state index contributed by atoms with van der Waals surface area (Å²) >= 11 is 0. The summed E-state index contributed by atoms with van der Waals surface area (Å²) in [4.78, 5) is -0.0431. The van der Waals surface area contributed by atoms with Crippen molar-refractivity contribution in [2.45, 2.75) is 31.7 Å². The lowest BCUT2D eigenvalue weighted by Gasteiger charge is -2.20. The van der Waals surface area contributed by atoms with Gasteiger partial charge in [-0.25, -0.2) is 13.6 Å². The number of nitrogens with one attached hydrogen (secondary N) is 1. The predicted octanol–water partition coefficient (Wildman–Crippen LogP) is 1.37. The number of primary sulfonamides is 1. The van der Waals surface area contributed by atoms with Crippen molar-refractivity contribution in [2.75, 3.05) is 11.1 Å². The average molecular weight is 257 g/mol. The van der Waals surface area contributed by atoms with Gasteiger partial charge in [-0.05, 0) is 25.0 Å². The number of hydrogen-bond acceptors (Lipinski definition) is 4. The lowest BCUT2D eigenvalue weighted by Crippen LogP contribution is -2.23. The van der Waals surface area contributed by atoms with Crippen molar-refractivity contribution in [1.29, 1.82) is 0 Å². The highest BCUT2D eigenvalue weighted by Gasteiger charge is 2.16. The summed E-state index contributed by atoms with van der Waals surface area (Å²) in [6.07, 6.45) is 0. The topological polar surface area (TPSA) is 98.2 Å². The molecule has 5 nitrogen and oxygen atoms in total. The van der Waals surface area contributed by atoms with Crippen molar-refractivity contribution in [3.63, 3.8) is 0 Å². The fourth-order valence-corrected chi connectivity index (χ4v) is 2.01. The van der Waals surface area contributed by atoms with E-state index in [1.165, 1.54) is 6.07 Å². The van der Waals surface area contributed by atoms with Crippen LogP contribution in [-0.4, -0.2) is 14.5 Å². The van der Waals surface area contributed by atoms with Gasteiger partial charge in [0.2, 0.25) is 10.0 Å². The van der Waals surface area contributed by atoms with Gasteiger partial charge in [-0.2, -0.15) is 0 Å². The van der Waals surface area contributed by atoms with E-state index in [2.05, 4.69) is 19.2 Å². The van der Waals surface area contributed by atoms with Gasteiger partial charge in [0.25, 0.3) is 0 Å². The van der Waals surface area contributed by atoms with Gasteiger partial charge in [0.05, 0.1) is 11.4 Å². The second-order valence-corrected chi connectivity index (χ2v) is 5.97. The first-order chi connectivity index (χ1) is 7.73. The molecule has 0 fully saturated rings. The zero-order chi connectivity index (χ0) is 13.2. The molecule has 5 N–H and O–H groups in total. The van der Waals surface area contributed by atoms with Crippen LogP contribution in [0.2, 0.25) is 0 Å². The van der Waals surface area contributed by atoms with Gasteiger partial charge in [-0.3, -0.25) is 0 Å². The monoisotopic (exact) mass is 257 g/mol. The van der Waals surface area contributed by atoms with Crippen LogP contribution in [-0.2, 0) is 10.0 Å². The summed E-state index contributed by atoms with van der Waals surface area (Å²) in [6, 6.07) is 4.94. The minimum absolute atomic E-state index is 0.0431. The molecule has 17 heavy (non-hydrogen) atoms. The molecule has 0 aromatic heterocycles. The SMILES string of the molecule is CC(C)C(C)Nc1cccc(S(N)(=O)=O)c1N. The molecule has 0 amide bonds. The molecule has 1 atom stereocenters. The Morgan fingerprint density at radius 1 is 1.24 bits per heavy atom. The number of nitrogens with two attached hydrogens (primary N) is 2. The van der Waals surface area contributed by atoms with Crippen LogP contribution in [0.15, 0.2) is 23.1 Å². The Hall–Kier alpha value is -1.27. The number of anilines is 2. The molecule has 1 rings (SSSR count). The quantitative estimate of drug-likeness (QED) is 0.709. The van der Waals surface area contributed by atoms with Gasteiger partial charge in [-0.15, -0.1) is 0 Å². The fourth-order valence-electron chi connectivity index (χ4n) is 1.33. The predicted molar refractivity (Wildman–Crippen MR) is 70.2 cm³/mol. The maximum absolute atomic E-state index is 11.3. The number of benzene rings is 1. The summed E-state index contributed by atoms with van der Waals surface area (Å²) in [7, 11) is -3.78. The molecule has 0 saturated heterocycles. The van der Waals surface area contributed by atoms with Gasteiger partial charge < -0.3 is 11.1 Å². The third-order valence-electron chi connectivity index (χ3n) is 2.76. The Labute approximate surface area is 102 Å². The molecule has 1 aromatic rings. The molecule has 0 aliphatic rings. The van der Waals surface area contributed by atoms with Crippen LogP contribution in [0.4, 0.5) is 11.4 Å². The normalized spacial score (nSPS) is 13.7. The van der Waals surface area contributed by atoms with Gasteiger partial charge in [-0.1, -0.05) is 19.9 Å². The first-order valence-electron chi connectivity index (χ1n) is 5.41. The van der Waals surface area contributed by atoms with Crippen LogP contribution in [0.25, 0.3) is 0 Å². The number of para-hydroxylation sites is 1. The smallest absolute Gasteiger partial charge is 0.240 e. The summed E-state index contributed by atoms with van der Waals surface area (Å²) in [5, 5.41) is 8.26. The Morgan fingerprint density at radius 2 is 1.82 bits per heavy atom. The second kappa shape index (κ2) is 4.93. The zero-order valence-corrected chi connectivity index (χ0v) is 11.1. The van der Waals surface area contributed by atoms with Crippen LogP contribution in [0.1, 0.15) is 20.8 Å². The standard InChI is InChI=1S/C11H19N3O2S/c1-7(2)8(3)14-9-5-4-6-10(11(9)12)17(13,15)16/h4-8,14H,12H2,1-3H3,(H2,13,15,16). The first kappa shape index (κ1) is 13.8. The van der Waals surface area contributed by atoms with Crippen LogP contribution in [0, 0.1) is 5.92 Å². The average Bonchev–Trinajstić information content (AvgIpc) is 2.19. The minimum Gasteiger partial charge on any atom is -0.396 e. The number of hydrogen-bond donors (Lipinski definition) is 3. The van der Waals surface area contributed by atoms with E-state index in [4.69, 9.17) is 10.9 Å². The summed E-state index contributed by atoms with van der Waals surface area (Å²) in [6.45, 7) is 6.14. The van der Waals surface area contributed by atoms with E-state index in [-0.39, 0.29) is 16.6 Å². The summed E-state index contributed by atoms with van der Waals surface area (Å²) < 4.78 is 22.6. The van der Waals surface area contributed by atoms with Crippen LogP contribution in [0.5, 0.6) is 0 Å². The van der Waals surface area contributed by atoms with E-state index in [0.29, 0.717) is 11.6 Å². The van der Waals surface area contributed by atoms with Gasteiger partial charge >= 0.3 is 0 Å². The Bertz CT molecular complexity index is 497. The van der Waals surface area contributed by atoms with Crippen molar-refractivity contribution < 1.29 is 8.42 Å². The Morgan fingerprint density at radius 3 is 2.29 bits per heavy atom.